The van der Waals surface area contributed by atoms with Crippen molar-refractivity contribution in [1.82, 2.24) is 9.97 Å². The van der Waals surface area contributed by atoms with Crippen molar-refractivity contribution in [3.8, 4) is 5.75 Å². The van der Waals surface area contributed by atoms with E-state index in [9.17, 15) is 18.0 Å². The number of hydrogen-bond donors (Lipinski definition) is 1. The van der Waals surface area contributed by atoms with Gasteiger partial charge in [-0.2, -0.15) is 0 Å². The molecule has 0 unspecified atom stereocenters. The molecule has 0 aliphatic carbocycles. The van der Waals surface area contributed by atoms with Crippen molar-refractivity contribution in [3.05, 3.63) is 41.0 Å². The molecule has 148 valence electrons. The predicted molar refractivity (Wildman–Crippen MR) is 102 cm³/mol. The van der Waals surface area contributed by atoms with Gasteiger partial charge in [0.25, 0.3) is 0 Å². The number of thiophene rings is 1. The van der Waals surface area contributed by atoms with Gasteiger partial charge in [0, 0.05) is 17.6 Å². The van der Waals surface area contributed by atoms with Crippen LogP contribution in [0.4, 0.5) is 24.7 Å². The van der Waals surface area contributed by atoms with Crippen LogP contribution in [0.15, 0.2) is 30.6 Å². The number of benzene rings is 1. The number of aryl methyl sites for hydroxylation is 2. The van der Waals surface area contributed by atoms with Crippen molar-refractivity contribution in [2.45, 2.75) is 20.2 Å². The fourth-order valence-corrected chi connectivity index (χ4v) is 3.68. The summed E-state index contributed by atoms with van der Waals surface area (Å²) in [6.45, 7) is 4.01. The number of halogens is 3. The average Bonchev–Trinajstić information content (AvgIpc) is 2.89. The Kier molecular flexibility index (Phi) is 5.41. The van der Waals surface area contributed by atoms with Gasteiger partial charge in [-0.25, -0.2) is 9.97 Å². The Bertz CT molecular complexity index is 1000. The van der Waals surface area contributed by atoms with Crippen LogP contribution < -0.4 is 15.0 Å². The number of nitrogens with zero attached hydrogens (tertiary/aromatic N) is 3. The first-order valence-electron chi connectivity index (χ1n) is 8.21. The zero-order valence-electron chi connectivity index (χ0n) is 15.3. The van der Waals surface area contributed by atoms with E-state index in [-0.39, 0.29) is 18.2 Å². The van der Waals surface area contributed by atoms with Gasteiger partial charge in [0.2, 0.25) is 5.91 Å². The molecule has 2 heterocycles. The Hall–Kier alpha value is -2.88. The van der Waals surface area contributed by atoms with Crippen molar-refractivity contribution >= 4 is 39.0 Å². The summed E-state index contributed by atoms with van der Waals surface area (Å²) in [5.74, 6) is -0.0337. The molecule has 3 aromatic rings. The molecular formula is C18H17F3N4O2S. The largest absolute Gasteiger partial charge is 0.573 e. The van der Waals surface area contributed by atoms with Gasteiger partial charge >= 0.3 is 6.36 Å². The number of alkyl halides is 3. The van der Waals surface area contributed by atoms with Gasteiger partial charge < -0.3 is 15.0 Å². The van der Waals surface area contributed by atoms with Crippen molar-refractivity contribution in [2.24, 2.45) is 0 Å². The van der Waals surface area contributed by atoms with Gasteiger partial charge in [0.05, 0.1) is 11.9 Å². The Morgan fingerprint density at radius 3 is 2.54 bits per heavy atom. The number of hydrogen-bond acceptors (Lipinski definition) is 6. The number of likely N-dealkylation sites (N-methyl/N-ethyl adjacent to an activating group) is 1. The molecule has 0 saturated carbocycles. The highest BCUT2D eigenvalue weighted by Gasteiger charge is 2.31. The number of rotatable bonds is 5. The average molecular weight is 410 g/mol. The molecule has 1 amide bonds. The van der Waals surface area contributed by atoms with Crippen LogP contribution in [0.5, 0.6) is 5.75 Å². The molecule has 6 nitrogen and oxygen atoms in total. The van der Waals surface area contributed by atoms with E-state index in [0.29, 0.717) is 11.5 Å². The van der Waals surface area contributed by atoms with Crippen LogP contribution in [-0.4, -0.2) is 35.8 Å². The maximum atomic E-state index is 12.3. The second-order valence-electron chi connectivity index (χ2n) is 6.14. The second-order valence-corrected chi connectivity index (χ2v) is 7.34. The zero-order valence-corrected chi connectivity index (χ0v) is 16.1. The highest BCUT2D eigenvalue weighted by atomic mass is 32.1. The summed E-state index contributed by atoms with van der Waals surface area (Å²) in [6, 6.07) is 4.96. The monoisotopic (exact) mass is 410 g/mol. The third-order valence-corrected chi connectivity index (χ3v) is 5.17. The van der Waals surface area contributed by atoms with E-state index >= 15 is 0 Å². The summed E-state index contributed by atoms with van der Waals surface area (Å²) in [5, 5.41) is 3.55. The molecule has 2 aromatic heterocycles. The van der Waals surface area contributed by atoms with Gasteiger partial charge in [-0.1, -0.05) is 0 Å². The lowest BCUT2D eigenvalue weighted by atomic mass is 10.2. The molecule has 10 heteroatoms. The van der Waals surface area contributed by atoms with Crippen LogP contribution in [0.25, 0.3) is 10.2 Å². The maximum Gasteiger partial charge on any atom is 0.573 e. The van der Waals surface area contributed by atoms with Crippen LogP contribution in [0.3, 0.4) is 0 Å². The topological polar surface area (TPSA) is 67.4 Å². The number of aromatic nitrogens is 2. The van der Waals surface area contributed by atoms with E-state index in [2.05, 4.69) is 20.0 Å². The van der Waals surface area contributed by atoms with E-state index in [1.165, 1.54) is 18.5 Å². The van der Waals surface area contributed by atoms with Crippen molar-refractivity contribution in [1.29, 1.82) is 0 Å². The van der Waals surface area contributed by atoms with Gasteiger partial charge in [-0.3, -0.25) is 4.79 Å². The van der Waals surface area contributed by atoms with Crippen LogP contribution in [0, 0.1) is 13.8 Å². The molecule has 1 aromatic carbocycles. The lowest BCUT2D eigenvalue weighted by Gasteiger charge is -2.19. The lowest BCUT2D eigenvalue weighted by Crippen LogP contribution is -2.30. The second kappa shape index (κ2) is 7.63. The molecule has 0 spiro atoms. The molecule has 0 bridgehead atoms. The minimum Gasteiger partial charge on any atom is -0.406 e. The number of anilines is 2. The molecule has 0 aliphatic heterocycles. The molecule has 0 radical (unpaired) electrons. The standard InChI is InChI=1S/C18H17F3N4O2S/c1-10-11(2)28-17-15(10)16(22-9-23-17)25(3)8-14(26)24-12-4-6-13(7-5-12)27-18(19,20)21/h4-7,9H,8H2,1-3H3,(H,24,26). The minimum absolute atomic E-state index is 0.0151. The third-order valence-electron chi connectivity index (χ3n) is 4.06. The summed E-state index contributed by atoms with van der Waals surface area (Å²) < 4.78 is 40.4. The smallest absolute Gasteiger partial charge is 0.406 e. The van der Waals surface area contributed by atoms with E-state index in [1.807, 2.05) is 13.8 Å². The van der Waals surface area contributed by atoms with Crippen LogP contribution in [0.2, 0.25) is 0 Å². The van der Waals surface area contributed by atoms with Crippen LogP contribution in [0.1, 0.15) is 10.4 Å². The Balaban J connectivity index is 1.68. The van der Waals surface area contributed by atoms with E-state index < -0.39 is 6.36 Å². The molecule has 28 heavy (non-hydrogen) atoms. The highest BCUT2D eigenvalue weighted by Crippen LogP contribution is 2.33. The SMILES string of the molecule is Cc1sc2ncnc(N(C)CC(=O)Nc3ccc(OC(F)(F)F)cc3)c2c1C. The maximum absolute atomic E-state index is 12.3. The fourth-order valence-electron chi connectivity index (χ4n) is 2.68. The Morgan fingerprint density at radius 1 is 1.21 bits per heavy atom. The van der Waals surface area contributed by atoms with E-state index in [4.69, 9.17) is 0 Å². The van der Waals surface area contributed by atoms with Crippen molar-refractivity contribution < 1.29 is 22.7 Å². The minimum atomic E-state index is -4.76. The third kappa shape index (κ3) is 4.50. The first kappa shape index (κ1) is 19.9. The molecule has 0 atom stereocenters. The molecule has 3 rings (SSSR count). The van der Waals surface area contributed by atoms with E-state index in [0.717, 1.165) is 32.8 Å². The summed E-state index contributed by atoms with van der Waals surface area (Å²) in [5.41, 5.74) is 1.44. The predicted octanol–water partition coefficient (Wildman–Crippen LogP) is 4.28. The molecule has 0 fully saturated rings. The molecular weight excluding hydrogens is 393 g/mol. The van der Waals surface area contributed by atoms with Crippen molar-refractivity contribution in [2.75, 3.05) is 23.8 Å². The van der Waals surface area contributed by atoms with Gasteiger partial charge in [0.15, 0.2) is 0 Å². The number of carbonyl (C=O) groups is 1. The Morgan fingerprint density at radius 2 is 1.89 bits per heavy atom. The highest BCUT2D eigenvalue weighted by molar-refractivity contribution is 7.18. The number of ether oxygens (including phenoxy) is 1. The molecule has 0 aliphatic rings. The summed E-state index contributed by atoms with van der Waals surface area (Å²) >= 11 is 1.57. The first-order valence-corrected chi connectivity index (χ1v) is 9.03. The summed E-state index contributed by atoms with van der Waals surface area (Å²) in [6.07, 6.45) is -3.30. The number of nitrogens with one attached hydrogen (secondary N) is 1. The van der Waals surface area contributed by atoms with Crippen LogP contribution in [-0.2, 0) is 4.79 Å². The van der Waals surface area contributed by atoms with Gasteiger partial charge in [-0.15, -0.1) is 24.5 Å². The number of fused-ring (bicyclic) bond motifs is 1. The summed E-state index contributed by atoms with van der Waals surface area (Å²) in [7, 11) is 1.74. The van der Waals surface area contributed by atoms with Gasteiger partial charge in [-0.05, 0) is 43.7 Å². The van der Waals surface area contributed by atoms with Gasteiger partial charge in [0.1, 0.15) is 22.7 Å². The Labute approximate surface area is 163 Å². The molecule has 0 saturated heterocycles. The van der Waals surface area contributed by atoms with Crippen LogP contribution >= 0.6 is 11.3 Å². The summed E-state index contributed by atoms with van der Waals surface area (Å²) in [4.78, 5) is 24.6. The lowest BCUT2D eigenvalue weighted by molar-refractivity contribution is -0.274. The zero-order chi connectivity index (χ0) is 20.5. The first-order chi connectivity index (χ1) is 13.1. The van der Waals surface area contributed by atoms with Crippen molar-refractivity contribution in [3.63, 3.8) is 0 Å². The number of carbonyl (C=O) groups excluding carboxylic acids is 1. The molecule has 1 N–H and O–H groups in total. The normalized spacial score (nSPS) is 11.5. The number of amides is 1. The fraction of sp³-hybridized carbons (Fsp3) is 0.278. The van der Waals surface area contributed by atoms with E-state index in [1.54, 1.807) is 23.3 Å². The quantitative estimate of drug-likeness (QED) is 0.680.